The van der Waals surface area contributed by atoms with E-state index in [-0.39, 0.29) is 5.56 Å². The molecular weight excluding hydrogens is 416 g/mol. The average Bonchev–Trinajstić information content (AvgIpc) is 3.20. The fraction of sp³-hybridized carbons (Fsp3) is 0.0870. The summed E-state index contributed by atoms with van der Waals surface area (Å²) in [4.78, 5) is 31.3. The molecule has 0 spiro atoms. The zero-order chi connectivity index (χ0) is 22.7. The Bertz CT molecular complexity index is 1290. The molecule has 4 aromatic rings. The van der Waals surface area contributed by atoms with Crippen LogP contribution in [0.2, 0.25) is 0 Å². The molecule has 4 rings (SSSR count). The summed E-state index contributed by atoms with van der Waals surface area (Å²) in [6, 6.07) is 18.2. The summed E-state index contributed by atoms with van der Waals surface area (Å²) in [6.07, 6.45) is -2.73. The quantitative estimate of drug-likeness (QED) is 0.323. The van der Waals surface area contributed by atoms with E-state index in [9.17, 15) is 18.4 Å². The number of carbonyl (C=O) groups is 2. The fourth-order valence-electron chi connectivity index (χ4n) is 3.12. The van der Waals surface area contributed by atoms with Gasteiger partial charge in [0.15, 0.2) is 5.82 Å². The molecule has 4 N–H and O–H groups in total. The second-order valence-electron chi connectivity index (χ2n) is 7.08. The number of nitrogens with zero attached hydrogens (tertiary/aromatic N) is 1. The maximum atomic E-state index is 12.8. The average molecular weight is 435 g/mol. The number of anilines is 3. The van der Waals surface area contributed by atoms with Crippen LogP contribution in [-0.4, -0.2) is 21.9 Å². The lowest BCUT2D eigenvalue weighted by Crippen LogP contribution is -2.19. The lowest BCUT2D eigenvalue weighted by molar-refractivity contribution is 0.102. The Labute approximate surface area is 181 Å². The summed E-state index contributed by atoms with van der Waals surface area (Å²) in [6.45, 7) is 1.82. The van der Waals surface area contributed by atoms with Gasteiger partial charge in [-0.1, -0.05) is 24.3 Å². The molecule has 0 atom stereocenters. The van der Waals surface area contributed by atoms with Gasteiger partial charge in [-0.3, -0.25) is 4.79 Å². The van der Waals surface area contributed by atoms with E-state index in [1.165, 1.54) is 18.2 Å². The molecule has 0 unspecified atom stereocenters. The molecule has 162 valence electrons. The van der Waals surface area contributed by atoms with Gasteiger partial charge in [0.25, 0.3) is 12.3 Å². The Morgan fingerprint density at radius 3 is 2.41 bits per heavy atom. The molecule has 0 fully saturated rings. The number of aromatic amines is 1. The Balaban J connectivity index is 1.48. The fourth-order valence-corrected chi connectivity index (χ4v) is 3.12. The topological polar surface area (TPSA) is 98.9 Å². The smallest absolute Gasteiger partial charge is 0.323 e. The van der Waals surface area contributed by atoms with Crippen LogP contribution in [0.1, 0.15) is 28.2 Å². The van der Waals surface area contributed by atoms with Gasteiger partial charge < -0.3 is 20.9 Å². The number of H-pyrrole nitrogens is 1. The SMILES string of the molecule is Cc1ccc(NC(=O)Nc2ccccc2)cc1NC(=O)c1ccc2nc(C(F)F)[nH]c2c1. The van der Waals surface area contributed by atoms with Crippen LogP contribution < -0.4 is 16.0 Å². The highest BCUT2D eigenvalue weighted by Crippen LogP contribution is 2.23. The van der Waals surface area contributed by atoms with Crippen LogP contribution in [0.4, 0.5) is 30.6 Å². The van der Waals surface area contributed by atoms with Crippen LogP contribution in [0.5, 0.6) is 0 Å². The van der Waals surface area contributed by atoms with Crippen LogP contribution in [0.3, 0.4) is 0 Å². The number of rotatable bonds is 5. The Morgan fingerprint density at radius 1 is 0.906 bits per heavy atom. The Hall–Kier alpha value is -4.27. The van der Waals surface area contributed by atoms with Gasteiger partial charge in [0.2, 0.25) is 0 Å². The van der Waals surface area contributed by atoms with Crippen LogP contribution in [0.25, 0.3) is 11.0 Å². The molecule has 0 aliphatic rings. The number of hydrogen-bond acceptors (Lipinski definition) is 3. The van der Waals surface area contributed by atoms with Crippen molar-refractivity contribution in [3.05, 3.63) is 83.7 Å². The predicted molar refractivity (Wildman–Crippen MR) is 119 cm³/mol. The maximum absolute atomic E-state index is 12.8. The van der Waals surface area contributed by atoms with Gasteiger partial charge >= 0.3 is 6.03 Å². The summed E-state index contributed by atoms with van der Waals surface area (Å²) in [7, 11) is 0. The summed E-state index contributed by atoms with van der Waals surface area (Å²) in [5.41, 5.74) is 3.41. The minimum absolute atomic E-state index is 0.279. The van der Waals surface area contributed by atoms with E-state index in [2.05, 4.69) is 25.9 Å². The highest BCUT2D eigenvalue weighted by molar-refractivity contribution is 6.07. The second kappa shape index (κ2) is 8.84. The Morgan fingerprint density at radius 2 is 1.66 bits per heavy atom. The number of benzene rings is 3. The number of hydrogen-bond donors (Lipinski definition) is 4. The first-order chi connectivity index (χ1) is 15.4. The number of aromatic nitrogens is 2. The normalized spacial score (nSPS) is 10.9. The number of fused-ring (bicyclic) bond motifs is 1. The van der Waals surface area contributed by atoms with E-state index in [4.69, 9.17) is 0 Å². The molecule has 0 radical (unpaired) electrons. The molecule has 1 aromatic heterocycles. The largest absolute Gasteiger partial charge is 0.337 e. The van der Waals surface area contributed by atoms with E-state index in [0.29, 0.717) is 28.1 Å². The van der Waals surface area contributed by atoms with Crippen molar-refractivity contribution in [2.45, 2.75) is 13.3 Å². The zero-order valence-corrected chi connectivity index (χ0v) is 16.9. The van der Waals surface area contributed by atoms with Crippen LogP contribution in [-0.2, 0) is 0 Å². The van der Waals surface area contributed by atoms with Gasteiger partial charge in [-0.05, 0) is 55.0 Å². The lowest BCUT2D eigenvalue weighted by Gasteiger charge is -2.12. The van der Waals surface area contributed by atoms with Crippen LogP contribution in [0, 0.1) is 6.92 Å². The van der Waals surface area contributed by atoms with Crippen molar-refractivity contribution in [2.24, 2.45) is 0 Å². The van der Waals surface area contributed by atoms with E-state index in [1.54, 1.807) is 30.3 Å². The minimum atomic E-state index is -2.73. The number of urea groups is 1. The molecule has 0 bridgehead atoms. The molecule has 0 saturated carbocycles. The van der Waals surface area contributed by atoms with E-state index in [0.717, 1.165) is 5.56 Å². The number of halogens is 2. The first-order valence-corrected chi connectivity index (χ1v) is 9.72. The molecule has 0 saturated heterocycles. The monoisotopic (exact) mass is 435 g/mol. The third-order valence-electron chi connectivity index (χ3n) is 4.74. The lowest BCUT2D eigenvalue weighted by atomic mass is 10.1. The van der Waals surface area contributed by atoms with Crippen molar-refractivity contribution >= 4 is 40.0 Å². The van der Waals surface area contributed by atoms with Gasteiger partial charge in [0.1, 0.15) is 0 Å². The standard InChI is InChI=1S/C23H19F2N5O2/c1-13-7-9-16(27-23(32)26-15-5-3-2-4-6-15)12-18(13)30-22(31)14-8-10-17-19(11-14)29-21(28-17)20(24)25/h2-12,20H,1H3,(H,28,29)(H,30,31)(H2,26,27,32). The highest BCUT2D eigenvalue weighted by atomic mass is 19.3. The third-order valence-corrected chi connectivity index (χ3v) is 4.74. The van der Waals surface area contributed by atoms with Gasteiger partial charge in [0.05, 0.1) is 11.0 Å². The first kappa shape index (κ1) is 21.0. The summed E-state index contributed by atoms with van der Waals surface area (Å²) < 4.78 is 25.7. The summed E-state index contributed by atoms with van der Waals surface area (Å²) in [5.74, 6) is -0.866. The van der Waals surface area contributed by atoms with E-state index < -0.39 is 24.2 Å². The van der Waals surface area contributed by atoms with Crippen LogP contribution in [0.15, 0.2) is 66.7 Å². The summed E-state index contributed by atoms with van der Waals surface area (Å²) in [5, 5.41) is 8.23. The Kier molecular flexibility index (Phi) is 5.80. The molecule has 7 nitrogen and oxygen atoms in total. The third kappa shape index (κ3) is 4.72. The second-order valence-corrected chi connectivity index (χ2v) is 7.08. The van der Waals surface area contributed by atoms with Crippen molar-refractivity contribution in [1.82, 2.24) is 9.97 Å². The molecule has 1 heterocycles. The number of carbonyl (C=O) groups excluding carboxylic acids is 2. The van der Waals surface area contributed by atoms with Gasteiger partial charge in [-0.15, -0.1) is 0 Å². The van der Waals surface area contributed by atoms with Crippen molar-refractivity contribution in [3.8, 4) is 0 Å². The number of alkyl halides is 2. The summed E-state index contributed by atoms with van der Waals surface area (Å²) >= 11 is 0. The van der Waals surface area contributed by atoms with E-state index in [1.807, 2.05) is 25.1 Å². The van der Waals surface area contributed by atoms with Crippen molar-refractivity contribution in [2.75, 3.05) is 16.0 Å². The van der Waals surface area contributed by atoms with Gasteiger partial charge in [-0.25, -0.2) is 18.6 Å². The van der Waals surface area contributed by atoms with Crippen molar-refractivity contribution in [3.63, 3.8) is 0 Å². The molecule has 0 aliphatic carbocycles. The minimum Gasteiger partial charge on any atom is -0.337 e. The first-order valence-electron chi connectivity index (χ1n) is 9.72. The van der Waals surface area contributed by atoms with Crippen molar-refractivity contribution in [1.29, 1.82) is 0 Å². The number of amides is 3. The molecule has 0 aliphatic heterocycles. The van der Waals surface area contributed by atoms with Crippen LogP contribution >= 0.6 is 0 Å². The maximum Gasteiger partial charge on any atom is 0.323 e. The van der Waals surface area contributed by atoms with Gasteiger partial charge in [-0.2, -0.15) is 0 Å². The van der Waals surface area contributed by atoms with Crippen molar-refractivity contribution < 1.29 is 18.4 Å². The number of aryl methyl sites for hydroxylation is 1. The predicted octanol–water partition coefficient (Wildman–Crippen LogP) is 5.71. The molecule has 3 amide bonds. The zero-order valence-electron chi connectivity index (χ0n) is 16.9. The van der Waals surface area contributed by atoms with Gasteiger partial charge in [0, 0.05) is 22.6 Å². The number of para-hydroxylation sites is 1. The molecule has 3 aromatic carbocycles. The van der Waals surface area contributed by atoms with E-state index >= 15 is 0 Å². The molecular formula is C23H19F2N5O2. The molecule has 32 heavy (non-hydrogen) atoms. The molecule has 9 heteroatoms. The highest BCUT2D eigenvalue weighted by Gasteiger charge is 2.15. The number of nitrogens with one attached hydrogen (secondary N) is 4. The number of imidazole rings is 1.